The van der Waals surface area contributed by atoms with Crippen LogP contribution in [0.25, 0.3) is 11.1 Å². The molecule has 6 rings (SSSR count). The molecule has 51 heavy (non-hydrogen) atoms. The lowest BCUT2D eigenvalue weighted by Gasteiger charge is -2.30. The zero-order valence-electron chi connectivity index (χ0n) is 31.4. The van der Waals surface area contributed by atoms with Crippen LogP contribution in [0, 0.1) is 0 Å². The molecule has 0 saturated carbocycles. The van der Waals surface area contributed by atoms with E-state index in [0.29, 0.717) is 0 Å². The highest BCUT2D eigenvalue weighted by Crippen LogP contribution is 2.40. The second kappa shape index (κ2) is 15.9. The molecule has 6 aromatic rings. The summed E-state index contributed by atoms with van der Waals surface area (Å²) in [5.74, 6) is 0. The van der Waals surface area contributed by atoms with E-state index in [4.69, 9.17) is 0 Å². The first-order valence-corrected chi connectivity index (χ1v) is 18.9. The van der Waals surface area contributed by atoms with Gasteiger partial charge in [0, 0.05) is 34.1 Å². The molecule has 0 saturated heterocycles. The van der Waals surface area contributed by atoms with Gasteiger partial charge in [-0.25, -0.2) is 0 Å². The molecule has 260 valence electrons. The van der Waals surface area contributed by atoms with E-state index in [9.17, 15) is 0 Å². The maximum atomic E-state index is 2.40. The molecule has 2 heteroatoms. The maximum Gasteiger partial charge on any atom is 0.0462 e. The van der Waals surface area contributed by atoms with Gasteiger partial charge in [0.15, 0.2) is 0 Å². The van der Waals surface area contributed by atoms with E-state index in [2.05, 4.69) is 209 Å². The normalized spacial score (nSPS) is 12.7. The molecule has 0 N–H and O–H groups in total. The Hall–Kier alpha value is -5.08. The van der Waals surface area contributed by atoms with Crippen LogP contribution in [0.15, 0.2) is 158 Å². The van der Waals surface area contributed by atoms with Crippen molar-refractivity contribution in [3.8, 4) is 11.1 Å². The molecular formula is C49H54N2. The van der Waals surface area contributed by atoms with E-state index in [1.807, 2.05) is 0 Å². The number of nitrogens with zero attached hydrogens (tertiary/aromatic N) is 2. The average molecular weight is 671 g/mol. The van der Waals surface area contributed by atoms with Crippen LogP contribution < -0.4 is 9.80 Å². The Kier molecular flexibility index (Phi) is 11.1. The summed E-state index contributed by atoms with van der Waals surface area (Å²) in [6.07, 6.45) is 5.78. The van der Waals surface area contributed by atoms with E-state index in [1.54, 1.807) is 0 Å². The second-order valence-corrected chi connectivity index (χ2v) is 14.5. The third-order valence-electron chi connectivity index (χ3n) is 11.4. The number of anilines is 6. The topological polar surface area (TPSA) is 6.48 Å². The van der Waals surface area contributed by atoms with Gasteiger partial charge in [-0.05, 0) is 132 Å². The first kappa shape index (κ1) is 35.7. The molecule has 0 amide bonds. The van der Waals surface area contributed by atoms with Crippen LogP contribution in [0.5, 0.6) is 0 Å². The Morgan fingerprint density at radius 1 is 0.353 bits per heavy atom. The summed E-state index contributed by atoms with van der Waals surface area (Å²) in [4.78, 5) is 4.70. The summed E-state index contributed by atoms with van der Waals surface area (Å²) in [5, 5.41) is 0. The van der Waals surface area contributed by atoms with Gasteiger partial charge in [-0.3, -0.25) is 0 Å². The van der Waals surface area contributed by atoms with Crippen molar-refractivity contribution in [3.63, 3.8) is 0 Å². The average Bonchev–Trinajstić information content (AvgIpc) is 3.20. The Labute approximate surface area is 307 Å². The summed E-state index contributed by atoms with van der Waals surface area (Å²) in [6, 6.07) is 57.7. The number of para-hydroxylation sites is 2. The third kappa shape index (κ3) is 7.66. The van der Waals surface area contributed by atoms with Crippen LogP contribution in [-0.4, -0.2) is 0 Å². The van der Waals surface area contributed by atoms with E-state index in [0.717, 1.165) is 47.7 Å². The van der Waals surface area contributed by atoms with Gasteiger partial charge in [0.2, 0.25) is 0 Å². The zero-order valence-corrected chi connectivity index (χ0v) is 31.4. The van der Waals surface area contributed by atoms with E-state index < -0.39 is 0 Å². The van der Waals surface area contributed by atoms with Crippen molar-refractivity contribution in [3.05, 3.63) is 169 Å². The van der Waals surface area contributed by atoms with Gasteiger partial charge in [-0.2, -0.15) is 0 Å². The van der Waals surface area contributed by atoms with Gasteiger partial charge in [0.05, 0.1) is 0 Å². The minimum Gasteiger partial charge on any atom is -0.311 e. The molecule has 0 spiro atoms. The Morgan fingerprint density at radius 3 is 0.961 bits per heavy atom. The molecule has 1 unspecified atom stereocenters. The molecule has 0 heterocycles. The van der Waals surface area contributed by atoms with E-state index in [-0.39, 0.29) is 10.8 Å². The number of hydrogen-bond donors (Lipinski definition) is 0. The molecule has 0 radical (unpaired) electrons. The van der Waals surface area contributed by atoms with Crippen LogP contribution in [0.3, 0.4) is 0 Å². The lowest BCUT2D eigenvalue weighted by atomic mass is 9.76. The summed E-state index contributed by atoms with van der Waals surface area (Å²) in [5.41, 5.74) is 12.5. The zero-order chi connectivity index (χ0) is 35.8. The molecule has 0 aliphatic carbocycles. The Morgan fingerprint density at radius 2 is 0.647 bits per heavy atom. The first-order valence-electron chi connectivity index (χ1n) is 18.9. The van der Waals surface area contributed by atoms with E-state index in [1.165, 1.54) is 40.8 Å². The van der Waals surface area contributed by atoms with Gasteiger partial charge in [-0.15, -0.1) is 0 Å². The number of hydrogen-bond acceptors (Lipinski definition) is 2. The van der Waals surface area contributed by atoms with E-state index >= 15 is 0 Å². The maximum absolute atomic E-state index is 2.40. The number of rotatable bonds is 14. The van der Waals surface area contributed by atoms with Crippen molar-refractivity contribution in [2.24, 2.45) is 0 Å². The summed E-state index contributed by atoms with van der Waals surface area (Å²) < 4.78 is 0. The largest absolute Gasteiger partial charge is 0.311 e. The minimum absolute atomic E-state index is 0.196. The molecule has 0 aromatic heterocycles. The highest BCUT2D eigenvalue weighted by Gasteiger charge is 2.25. The minimum atomic E-state index is 0.196. The van der Waals surface area contributed by atoms with Gasteiger partial charge in [0.1, 0.15) is 0 Å². The van der Waals surface area contributed by atoms with Crippen LogP contribution in [0.1, 0.15) is 84.8 Å². The fourth-order valence-electron chi connectivity index (χ4n) is 7.42. The lowest BCUT2D eigenvalue weighted by Crippen LogP contribution is -2.20. The fourth-order valence-corrected chi connectivity index (χ4v) is 7.42. The SMILES string of the molecule is CCCC(C)(CC)c1ccc(N(c2ccccc2)c2ccc(-c3ccc(N(c4ccccc4)c4ccc(C(C)(CC)CC)cc4)cc3)cc2)cc1. The molecule has 0 aliphatic rings. The molecule has 0 fully saturated rings. The van der Waals surface area contributed by atoms with Crippen molar-refractivity contribution in [1.29, 1.82) is 0 Å². The number of benzene rings is 6. The van der Waals surface area contributed by atoms with Crippen molar-refractivity contribution in [2.75, 3.05) is 9.80 Å². The Bertz CT molecular complexity index is 1940. The summed E-state index contributed by atoms with van der Waals surface area (Å²) in [6.45, 7) is 13.9. The molecule has 6 aromatic carbocycles. The standard InChI is InChI=1S/C49H54N2/c1-7-37-49(6,10-4)41-27-35-47(36-28-41)51(43-19-15-12-16-20-43)45-31-23-39(24-32-45)38-21-29-44(30-22-38)50(42-17-13-11-14-18-42)46-33-25-40(26-34-46)48(5,8-2)9-3/h11-36H,7-10,37H2,1-6H3. The molecular weight excluding hydrogens is 617 g/mol. The second-order valence-electron chi connectivity index (χ2n) is 14.5. The van der Waals surface area contributed by atoms with Crippen LogP contribution in [-0.2, 0) is 10.8 Å². The molecule has 0 aliphatic heterocycles. The van der Waals surface area contributed by atoms with Gasteiger partial charge < -0.3 is 9.80 Å². The van der Waals surface area contributed by atoms with Crippen molar-refractivity contribution in [2.45, 2.75) is 84.5 Å². The first-order chi connectivity index (χ1) is 24.8. The fraction of sp³-hybridized carbons (Fsp3) is 0.265. The highest BCUT2D eigenvalue weighted by atomic mass is 15.1. The quantitative estimate of drug-likeness (QED) is 0.114. The Balaban J connectivity index is 1.29. The van der Waals surface area contributed by atoms with Gasteiger partial charge >= 0.3 is 0 Å². The van der Waals surface area contributed by atoms with Gasteiger partial charge in [-0.1, -0.05) is 133 Å². The molecule has 2 nitrogen and oxygen atoms in total. The molecule has 0 bridgehead atoms. The van der Waals surface area contributed by atoms with Crippen LogP contribution >= 0.6 is 0 Å². The highest BCUT2D eigenvalue weighted by molar-refractivity contribution is 5.80. The monoisotopic (exact) mass is 670 g/mol. The molecule has 1 atom stereocenters. The van der Waals surface area contributed by atoms with Crippen molar-refractivity contribution >= 4 is 34.1 Å². The van der Waals surface area contributed by atoms with Gasteiger partial charge in [0.25, 0.3) is 0 Å². The van der Waals surface area contributed by atoms with Crippen LogP contribution in [0.4, 0.5) is 34.1 Å². The van der Waals surface area contributed by atoms with Crippen molar-refractivity contribution < 1.29 is 0 Å². The smallest absolute Gasteiger partial charge is 0.0462 e. The third-order valence-corrected chi connectivity index (χ3v) is 11.4. The summed E-state index contributed by atoms with van der Waals surface area (Å²) >= 11 is 0. The predicted octanol–water partition coefficient (Wildman–Crippen LogP) is 14.8. The van der Waals surface area contributed by atoms with Crippen LogP contribution in [0.2, 0.25) is 0 Å². The predicted molar refractivity (Wildman–Crippen MR) is 222 cm³/mol. The van der Waals surface area contributed by atoms with Crippen molar-refractivity contribution in [1.82, 2.24) is 0 Å². The summed E-state index contributed by atoms with van der Waals surface area (Å²) in [7, 11) is 0. The lowest BCUT2D eigenvalue weighted by molar-refractivity contribution is 0.414.